The van der Waals surface area contributed by atoms with Crippen molar-refractivity contribution >= 4 is 33.9 Å². The lowest BCUT2D eigenvalue weighted by molar-refractivity contribution is 0.0733. The number of fused-ring (bicyclic) bond motifs is 1. The summed E-state index contributed by atoms with van der Waals surface area (Å²) >= 11 is 0. The van der Waals surface area contributed by atoms with Crippen molar-refractivity contribution in [2.24, 2.45) is 9.50 Å². The molecule has 0 saturated carbocycles. The van der Waals surface area contributed by atoms with Crippen LogP contribution in [-0.2, 0) is 10.0 Å². The maximum Gasteiger partial charge on any atom is 0.343 e. The zero-order valence-electron chi connectivity index (χ0n) is 19.3. The highest BCUT2D eigenvalue weighted by Crippen LogP contribution is 2.28. The van der Waals surface area contributed by atoms with Crippen molar-refractivity contribution < 1.29 is 22.7 Å². The molecule has 0 aromatic heterocycles. The average molecular weight is 510 g/mol. The van der Waals surface area contributed by atoms with E-state index in [1.165, 1.54) is 12.3 Å². The number of esters is 1. The molecular formula is C28H19N3O5S. The van der Waals surface area contributed by atoms with E-state index in [9.17, 15) is 18.0 Å². The molecule has 0 spiro atoms. The molecule has 5 rings (SSSR count). The molecule has 0 atom stereocenters. The number of rotatable bonds is 5. The fraction of sp³-hybridized carbons (Fsp3) is 0. The molecule has 8 nitrogen and oxygen atoms in total. The first kappa shape index (κ1) is 23.8. The van der Waals surface area contributed by atoms with Crippen LogP contribution >= 0.6 is 0 Å². The fourth-order valence-corrected chi connectivity index (χ4v) is 4.87. The molecule has 4 aromatic rings. The van der Waals surface area contributed by atoms with Gasteiger partial charge in [0.15, 0.2) is 5.84 Å². The first-order valence-corrected chi connectivity index (χ1v) is 12.6. The quantitative estimate of drug-likeness (QED) is 0.170. The maximum atomic E-state index is 13.5. The zero-order chi connectivity index (χ0) is 25.8. The molecule has 0 fully saturated rings. The van der Waals surface area contributed by atoms with Crippen molar-refractivity contribution in [3.05, 3.63) is 131 Å². The summed E-state index contributed by atoms with van der Waals surface area (Å²) in [5.41, 5.74) is 1.31. The highest BCUT2D eigenvalue weighted by molar-refractivity contribution is 7.90. The van der Waals surface area contributed by atoms with Crippen LogP contribution < -0.4 is 4.74 Å². The number of amides is 1. The number of sulfonamides is 1. The van der Waals surface area contributed by atoms with Crippen LogP contribution in [0.25, 0.3) is 0 Å². The van der Waals surface area contributed by atoms with Gasteiger partial charge in [-0.3, -0.25) is 4.79 Å². The van der Waals surface area contributed by atoms with Crippen LogP contribution in [0.1, 0.15) is 31.8 Å². The Morgan fingerprint density at radius 3 is 2.08 bits per heavy atom. The summed E-state index contributed by atoms with van der Waals surface area (Å²) in [7, 11) is -4.00. The number of ether oxygens (including phenoxy) is 1. The minimum Gasteiger partial charge on any atom is -0.422 e. The monoisotopic (exact) mass is 509 g/mol. The van der Waals surface area contributed by atoms with E-state index in [4.69, 9.17) is 4.74 Å². The first-order chi connectivity index (χ1) is 17.9. The number of carbonyl (C=O) groups excluding carboxylic acids is 2. The van der Waals surface area contributed by atoms with Crippen LogP contribution in [0.15, 0.2) is 124 Å². The zero-order valence-corrected chi connectivity index (χ0v) is 20.1. The predicted octanol–water partition coefficient (Wildman–Crippen LogP) is 4.53. The van der Waals surface area contributed by atoms with Crippen molar-refractivity contribution in [3.63, 3.8) is 0 Å². The summed E-state index contributed by atoms with van der Waals surface area (Å²) in [4.78, 5) is 26.1. The average Bonchev–Trinajstić information content (AvgIpc) is 3.21. The molecular weight excluding hydrogens is 490 g/mol. The highest BCUT2D eigenvalue weighted by atomic mass is 32.2. The third kappa shape index (κ3) is 4.93. The predicted molar refractivity (Wildman–Crippen MR) is 138 cm³/mol. The summed E-state index contributed by atoms with van der Waals surface area (Å²) in [6, 6.07) is 29.7. The minimum atomic E-state index is -4.00. The summed E-state index contributed by atoms with van der Waals surface area (Å²) in [5, 5.41) is 5.27. The molecule has 1 heterocycles. The number of para-hydroxylation sites is 1. The SMILES string of the molecule is O=C(Oc1ccccc1C=NN(C(=O)c1ccccc1)C1=NS(=O)(=O)c2ccccc21)c1ccccc1. The lowest BCUT2D eigenvalue weighted by atomic mass is 10.1. The van der Waals surface area contributed by atoms with Gasteiger partial charge in [0.25, 0.3) is 15.9 Å². The van der Waals surface area contributed by atoms with Crippen molar-refractivity contribution in [2.75, 3.05) is 0 Å². The number of hydrogen-bond acceptors (Lipinski definition) is 6. The molecule has 9 heteroatoms. The first-order valence-electron chi connectivity index (χ1n) is 11.2. The van der Waals surface area contributed by atoms with Crippen LogP contribution in [0.3, 0.4) is 0 Å². The number of carbonyl (C=O) groups is 2. The normalized spacial score (nSPS) is 13.6. The Morgan fingerprint density at radius 2 is 1.35 bits per heavy atom. The topological polar surface area (TPSA) is 105 Å². The molecule has 0 radical (unpaired) electrons. The van der Waals surface area contributed by atoms with Crippen molar-refractivity contribution in [1.29, 1.82) is 0 Å². The molecule has 1 aliphatic rings. The van der Waals surface area contributed by atoms with Crippen LogP contribution in [-0.4, -0.2) is 37.4 Å². The number of hydrogen-bond donors (Lipinski definition) is 0. The molecule has 37 heavy (non-hydrogen) atoms. The summed E-state index contributed by atoms with van der Waals surface area (Å²) in [6.45, 7) is 0. The van der Waals surface area contributed by atoms with Crippen LogP contribution in [0.5, 0.6) is 5.75 Å². The molecule has 0 aliphatic carbocycles. The van der Waals surface area contributed by atoms with E-state index < -0.39 is 21.9 Å². The second-order valence-corrected chi connectivity index (χ2v) is 9.48. The number of nitrogens with zero attached hydrogens (tertiary/aromatic N) is 3. The minimum absolute atomic E-state index is 0.0109. The van der Waals surface area contributed by atoms with Crippen molar-refractivity contribution in [3.8, 4) is 5.75 Å². The molecule has 1 aliphatic heterocycles. The van der Waals surface area contributed by atoms with Crippen LogP contribution in [0.4, 0.5) is 0 Å². The highest BCUT2D eigenvalue weighted by Gasteiger charge is 2.34. The maximum absolute atomic E-state index is 13.5. The van der Waals surface area contributed by atoms with E-state index in [0.717, 1.165) is 5.01 Å². The lowest BCUT2D eigenvalue weighted by Crippen LogP contribution is -2.32. The third-order valence-corrected chi connectivity index (χ3v) is 6.79. The molecule has 182 valence electrons. The smallest absolute Gasteiger partial charge is 0.343 e. The summed E-state index contributed by atoms with van der Waals surface area (Å²) < 4.78 is 34.8. The standard InChI is InChI=1S/C28H19N3O5S/c32-27(20-11-3-1-4-12-20)31(26-23-16-8-10-18-25(23)37(34,35)30-26)29-19-22-15-7-9-17-24(22)36-28(33)21-13-5-2-6-14-21/h1-19H. The van der Waals surface area contributed by atoms with Gasteiger partial charge in [-0.1, -0.05) is 60.7 Å². The van der Waals surface area contributed by atoms with Gasteiger partial charge in [0.2, 0.25) is 0 Å². The van der Waals surface area contributed by atoms with E-state index in [1.54, 1.807) is 103 Å². The Hall–Kier alpha value is -4.89. The Morgan fingerprint density at radius 1 is 0.757 bits per heavy atom. The van der Waals surface area contributed by atoms with Gasteiger partial charge < -0.3 is 4.74 Å². The fourth-order valence-electron chi connectivity index (χ4n) is 3.68. The second kappa shape index (κ2) is 10.00. The summed E-state index contributed by atoms with van der Waals surface area (Å²) in [6.07, 6.45) is 1.32. The Balaban J connectivity index is 1.54. The van der Waals surface area contributed by atoms with Crippen LogP contribution in [0, 0.1) is 0 Å². The molecule has 0 saturated heterocycles. The van der Waals surface area contributed by atoms with E-state index in [-0.39, 0.29) is 27.6 Å². The van der Waals surface area contributed by atoms with Gasteiger partial charge in [-0.15, -0.1) is 4.40 Å². The van der Waals surface area contributed by atoms with E-state index in [2.05, 4.69) is 9.50 Å². The van der Waals surface area contributed by atoms with Gasteiger partial charge in [-0.25, -0.2) is 4.79 Å². The molecule has 0 bridgehead atoms. The number of benzene rings is 4. The largest absolute Gasteiger partial charge is 0.422 e. The molecule has 0 N–H and O–H groups in total. The second-order valence-electron chi connectivity index (χ2n) is 7.91. The third-order valence-electron chi connectivity index (χ3n) is 5.47. The van der Waals surface area contributed by atoms with Gasteiger partial charge in [-0.05, 0) is 48.5 Å². The van der Waals surface area contributed by atoms with Crippen LogP contribution in [0.2, 0.25) is 0 Å². The van der Waals surface area contributed by atoms with E-state index in [1.807, 2.05) is 0 Å². The van der Waals surface area contributed by atoms with Gasteiger partial charge in [-0.2, -0.15) is 18.5 Å². The van der Waals surface area contributed by atoms with Gasteiger partial charge in [0.1, 0.15) is 10.6 Å². The van der Waals surface area contributed by atoms with E-state index in [0.29, 0.717) is 11.1 Å². The Bertz CT molecular complexity index is 1650. The van der Waals surface area contributed by atoms with Gasteiger partial charge in [0.05, 0.1) is 11.8 Å². The number of hydrazone groups is 1. The lowest BCUT2D eigenvalue weighted by Gasteiger charge is -2.17. The molecule has 4 aromatic carbocycles. The molecule has 0 unspecified atom stereocenters. The van der Waals surface area contributed by atoms with Crippen molar-refractivity contribution in [1.82, 2.24) is 5.01 Å². The molecule has 1 amide bonds. The van der Waals surface area contributed by atoms with Gasteiger partial charge in [0, 0.05) is 16.7 Å². The Labute approximate surface area is 213 Å². The number of amidine groups is 1. The summed E-state index contributed by atoms with van der Waals surface area (Å²) in [5.74, 6) is -1.05. The Kier molecular flexibility index (Phi) is 6.44. The van der Waals surface area contributed by atoms with E-state index >= 15 is 0 Å². The van der Waals surface area contributed by atoms with Gasteiger partial charge >= 0.3 is 5.97 Å². The van der Waals surface area contributed by atoms with Crippen molar-refractivity contribution in [2.45, 2.75) is 4.90 Å².